The summed E-state index contributed by atoms with van der Waals surface area (Å²) in [4.78, 5) is 2.46. The summed E-state index contributed by atoms with van der Waals surface area (Å²) in [7, 11) is 0. The smallest absolute Gasteiger partial charge is 0.0760 e. The monoisotopic (exact) mass is 255 g/mol. The van der Waals surface area contributed by atoms with Gasteiger partial charge in [-0.05, 0) is 52.9 Å². The van der Waals surface area contributed by atoms with Gasteiger partial charge in [-0.25, -0.2) is 0 Å². The van der Waals surface area contributed by atoms with Crippen molar-refractivity contribution in [3.8, 4) is 0 Å². The molecule has 0 aromatic carbocycles. The van der Waals surface area contributed by atoms with Gasteiger partial charge in [-0.15, -0.1) is 0 Å². The van der Waals surface area contributed by atoms with Crippen molar-refractivity contribution in [3.05, 3.63) is 0 Å². The highest BCUT2D eigenvalue weighted by molar-refractivity contribution is 4.95. The van der Waals surface area contributed by atoms with E-state index in [2.05, 4.69) is 39.5 Å². The van der Waals surface area contributed by atoms with Gasteiger partial charge in [0.1, 0.15) is 0 Å². The fraction of sp³-hybridized carbons (Fsp3) is 1.00. The number of nitrogens with zero attached hydrogens (tertiary/aromatic N) is 1. The molecule has 106 valence electrons. The molecule has 0 aromatic heterocycles. The van der Waals surface area contributed by atoms with Crippen LogP contribution in [0.5, 0.6) is 0 Å². The molecule has 0 aromatic rings. The molecule has 18 heavy (non-hydrogen) atoms. The van der Waals surface area contributed by atoms with E-state index in [-0.39, 0.29) is 17.3 Å². The maximum atomic E-state index is 10.3. The standard InChI is InChI=1S/C15H29NO2/c1-11-6-7-13(17)12(8-11)16-9-14(2,3)18-15(4,5)10-16/h11-13,17H,6-10H2,1-5H3. The van der Waals surface area contributed by atoms with E-state index in [9.17, 15) is 5.11 Å². The van der Waals surface area contributed by atoms with Crippen LogP contribution in [-0.4, -0.2) is 46.4 Å². The average molecular weight is 255 g/mol. The van der Waals surface area contributed by atoms with Gasteiger partial charge in [-0.3, -0.25) is 4.90 Å². The molecule has 0 radical (unpaired) electrons. The topological polar surface area (TPSA) is 32.7 Å². The molecule has 0 amide bonds. The second-order valence-corrected chi connectivity index (χ2v) is 7.58. The number of aliphatic hydroxyl groups excluding tert-OH is 1. The molecule has 0 bridgehead atoms. The van der Waals surface area contributed by atoms with Crippen molar-refractivity contribution in [2.45, 2.75) is 77.2 Å². The van der Waals surface area contributed by atoms with E-state index in [1.54, 1.807) is 0 Å². The molecule has 1 saturated heterocycles. The average Bonchev–Trinajstić information content (AvgIpc) is 2.17. The minimum Gasteiger partial charge on any atom is -0.391 e. The molecule has 1 saturated carbocycles. The molecule has 1 aliphatic carbocycles. The Bertz CT molecular complexity index is 285. The Morgan fingerprint density at radius 1 is 1.06 bits per heavy atom. The minimum atomic E-state index is -0.161. The summed E-state index contributed by atoms with van der Waals surface area (Å²) in [6, 6.07) is 0.316. The van der Waals surface area contributed by atoms with Crippen LogP contribution < -0.4 is 0 Å². The number of morpholine rings is 1. The Morgan fingerprint density at radius 2 is 1.61 bits per heavy atom. The van der Waals surface area contributed by atoms with Crippen molar-refractivity contribution in [2.24, 2.45) is 5.92 Å². The van der Waals surface area contributed by atoms with Gasteiger partial charge >= 0.3 is 0 Å². The molecule has 3 atom stereocenters. The van der Waals surface area contributed by atoms with Crippen LogP contribution in [0.15, 0.2) is 0 Å². The zero-order chi connectivity index (χ0) is 13.6. The summed E-state index contributed by atoms with van der Waals surface area (Å²) in [5, 5.41) is 10.3. The van der Waals surface area contributed by atoms with Gasteiger partial charge in [0.15, 0.2) is 0 Å². The predicted octanol–water partition coefficient (Wildman–Crippen LogP) is 2.43. The van der Waals surface area contributed by atoms with Crippen LogP contribution in [0, 0.1) is 5.92 Å². The number of hydrogen-bond acceptors (Lipinski definition) is 3. The fourth-order valence-corrected chi connectivity index (χ4v) is 3.81. The minimum absolute atomic E-state index is 0.123. The van der Waals surface area contributed by atoms with Gasteiger partial charge < -0.3 is 9.84 Å². The van der Waals surface area contributed by atoms with Gasteiger partial charge in [0.2, 0.25) is 0 Å². The fourth-order valence-electron chi connectivity index (χ4n) is 3.81. The van der Waals surface area contributed by atoms with E-state index < -0.39 is 0 Å². The summed E-state index contributed by atoms with van der Waals surface area (Å²) >= 11 is 0. The third-order valence-electron chi connectivity index (χ3n) is 4.23. The third-order valence-corrected chi connectivity index (χ3v) is 4.23. The third kappa shape index (κ3) is 3.25. The van der Waals surface area contributed by atoms with Crippen molar-refractivity contribution >= 4 is 0 Å². The molecule has 3 nitrogen and oxygen atoms in total. The van der Waals surface area contributed by atoms with Gasteiger partial charge in [-0.1, -0.05) is 6.92 Å². The van der Waals surface area contributed by atoms with E-state index in [4.69, 9.17) is 4.74 Å². The van der Waals surface area contributed by atoms with E-state index in [0.717, 1.165) is 38.3 Å². The van der Waals surface area contributed by atoms with Crippen LogP contribution in [0.2, 0.25) is 0 Å². The number of hydrogen-bond donors (Lipinski definition) is 1. The lowest BCUT2D eigenvalue weighted by Gasteiger charge is -2.51. The molecule has 0 spiro atoms. The first-order chi connectivity index (χ1) is 8.19. The van der Waals surface area contributed by atoms with E-state index in [1.807, 2.05) is 0 Å². The van der Waals surface area contributed by atoms with Crippen molar-refractivity contribution in [1.82, 2.24) is 4.90 Å². The molecule has 3 unspecified atom stereocenters. The zero-order valence-corrected chi connectivity index (χ0v) is 12.6. The van der Waals surface area contributed by atoms with Gasteiger partial charge in [0.25, 0.3) is 0 Å². The van der Waals surface area contributed by atoms with E-state index >= 15 is 0 Å². The lowest BCUT2D eigenvalue weighted by Crippen LogP contribution is -2.62. The van der Waals surface area contributed by atoms with Gasteiger partial charge in [-0.2, -0.15) is 0 Å². The van der Waals surface area contributed by atoms with Gasteiger partial charge in [0, 0.05) is 19.1 Å². The molecular weight excluding hydrogens is 226 g/mol. The summed E-state index contributed by atoms with van der Waals surface area (Å²) in [5.74, 6) is 0.729. The molecule has 1 aliphatic heterocycles. The zero-order valence-electron chi connectivity index (χ0n) is 12.6. The van der Waals surface area contributed by atoms with Crippen LogP contribution in [-0.2, 0) is 4.74 Å². The summed E-state index contributed by atoms with van der Waals surface area (Å²) in [5.41, 5.74) is -0.246. The SMILES string of the molecule is CC1CCC(O)C(N2CC(C)(C)OC(C)(C)C2)C1. The molecule has 2 aliphatic rings. The summed E-state index contributed by atoms with van der Waals surface area (Å²) < 4.78 is 6.12. The molecule has 3 heteroatoms. The highest BCUT2D eigenvalue weighted by atomic mass is 16.5. The second kappa shape index (κ2) is 4.77. The maximum Gasteiger partial charge on any atom is 0.0760 e. The van der Waals surface area contributed by atoms with Crippen LogP contribution >= 0.6 is 0 Å². The lowest BCUT2D eigenvalue weighted by molar-refractivity contribution is -0.197. The van der Waals surface area contributed by atoms with Gasteiger partial charge in [0.05, 0.1) is 17.3 Å². The Morgan fingerprint density at radius 3 is 2.17 bits per heavy atom. The highest BCUT2D eigenvalue weighted by Gasteiger charge is 2.43. The molecule has 1 N–H and O–H groups in total. The Hall–Kier alpha value is -0.120. The number of aliphatic hydroxyl groups is 1. The van der Waals surface area contributed by atoms with Crippen molar-refractivity contribution < 1.29 is 9.84 Å². The normalized spacial score (nSPS) is 40.7. The summed E-state index contributed by atoms with van der Waals surface area (Å²) in [6.45, 7) is 12.8. The largest absolute Gasteiger partial charge is 0.391 e. The predicted molar refractivity (Wildman–Crippen MR) is 73.6 cm³/mol. The Labute approximate surface area is 112 Å². The quantitative estimate of drug-likeness (QED) is 0.781. The molecule has 1 heterocycles. The van der Waals surface area contributed by atoms with Crippen LogP contribution in [0.1, 0.15) is 53.9 Å². The second-order valence-electron chi connectivity index (χ2n) is 7.58. The first-order valence-electron chi connectivity index (χ1n) is 7.31. The lowest BCUT2D eigenvalue weighted by atomic mass is 9.82. The van der Waals surface area contributed by atoms with Crippen molar-refractivity contribution in [3.63, 3.8) is 0 Å². The first kappa shape index (κ1) is 14.3. The Balaban J connectivity index is 2.11. The Kier molecular flexibility index (Phi) is 3.79. The van der Waals surface area contributed by atoms with Crippen LogP contribution in [0.3, 0.4) is 0 Å². The van der Waals surface area contributed by atoms with E-state index in [0.29, 0.717) is 6.04 Å². The van der Waals surface area contributed by atoms with Crippen molar-refractivity contribution in [2.75, 3.05) is 13.1 Å². The molecular formula is C15H29NO2. The number of rotatable bonds is 1. The van der Waals surface area contributed by atoms with E-state index in [1.165, 1.54) is 0 Å². The van der Waals surface area contributed by atoms with Crippen molar-refractivity contribution in [1.29, 1.82) is 0 Å². The summed E-state index contributed by atoms with van der Waals surface area (Å²) in [6.07, 6.45) is 3.07. The maximum absolute atomic E-state index is 10.3. The van der Waals surface area contributed by atoms with Crippen LogP contribution in [0.25, 0.3) is 0 Å². The first-order valence-corrected chi connectivity index (χ1v) is 7.31. The molecule has 2 rings (SSSR count). The van der Waals surface area contributed by atoms with Crippen LogP contribution in [0.4, 0.5) is 0 Å². The molecule has 2 fully saturated rings. The number of ether oxygens (including phenoxy) is 1. The highest BCUT2D eigenvalue weighted by Crippen LogP contribution is 2.34.